The number of amides is 1. The van der Waals surface area contributed by atoms with Crippen LogP contribution in [0.4, 0.5) is 5.13 Å². The molecule has 0 saturated heterocycles. The van der Waals surface area contributed by atoms with E-state index in [9.17, 15) is 4.79 Å². The maximum atomic E-state index is 11.7. The minimum atomic E-state index is -0.269. The highest BCUT2D eigenvalue weighted by Crippen LogP contribution is 2.36. The molecule has 0 bridgehead atoms. The molecule has 0 aliphatic carbocycles. The standard InChI is InChI=1S/C16H13N3O5S/c20-15(18-16-17-3-4-25-16)8-21-7-11-6-13(24-19-11)10-1-2-12-14(5-10)23-9-22-12/h1-6H,7-9H2,(H,17,18,20). The van der Waals surface area contributed by atoms with Crippen molar-refractivity contribution in [3.05, 3.63) is 41.5 Å². The second-order valence-electron chi connectivity index (χ2n) is 5.13. The third-order valence-electron chi connectivity index (χ3n) is 3.38. The second kappa shape index (κ2) is 6.91. The van der Waals surface area contributed by atoms with E-state index in [-0.39, 0.29) is 25.9 Å². The summed E-state index contributed by atoms with van der Waals surface area (Å²) in [5, 5.41) is 8.90. The van der Waals surface area contributed by atoms with E-state index < -0.39 is 0 Å². The molecule has 0 atom stereocenters. The highest BCUT2D eigenvalue weighted by Gasteiger charge is 2.16. The van der Waals surface area contributed by atoms with Crippen LogP contribution < -0.4 is 14.8 Å². The van der Waals surface area contributed by atoms with Gasteiger partial charge >= 0.3 is 0 Å². The van der Waals surface area contributed by atoms with Gasteiger partial charge in [-0.3, -0.25) is 10.1 Å². The summed E-state index contributed by atoms with van der Waals surface area (Å²) in [5.74, 6) is 1.70. The zero-order valence-corrected chi connectivity index (χ0v) is 13.7. The fourth-order valence-electron chi connectivity index (χ4n) is 2.25. The summed E-state index contributed by atoms with van der Waals surface area (Å²) in [6.07, 6.45) is 1.62. The summed E-state index contributed by atoms with van der Waals surface area (Å²) in [7, 11) is 0. The predicted octanol–water partition coefficient (Wildman–Crippen LogP) is 2.68. The van der Waals surface area contributed by atoms with Gasteiger partial charge in [-0.15, -0.1) is 11.3 Å². The number of benzene rings is 1. The molecule has 0 unspecified atom stereocenters. The number of anilines is 1. The van der Waals surface area contributed by atoms with Crippen molar-refractivity contribution in [1.29, 1.82) is 0 Å². The Morgan fingerprint density at radius 3 is 3.08 bits per heavy atom. The first-order valence-corrected chi connectivity index (χ1v) is 8.28. The topological polar surface area (TPSA) is 95.7 Å². The van der Waals surface area contributed by atoms with Crippen molar-refractivity contribution in [2.75, 3.05) is 18.7 Å². The van der Waals surface area contributed by atoms with Gasteiger partial charge in [-0.1, -0.05) is 5.16 Å². The van der Waals surface area contributed by atoms with E-state index in [1.54, 1.807) is 17.6 Å². The molecule has 3 heterocycles. The van der Waals surface area contributed by atoms with Gasteiger partial charge in [0.2, 0.25) is 6.79 Å². The van der Waals surface area contributed by atoms with Crippen LogP contribution in [0.25, 0.3) is 11.3 Å². The molecule has 0 fully saturated rings. The Morgan fingerprint density at radius 2 is 2.20 bits per heavy atom. The molecule has 0 spiro atoms. The molecule has 0 saturated carbocycles. The Hall–Kier alpha value is -2.91. The lowest BCUT2D eigenvalue weighted by Gasteiger charge is -2.01. The minimum absolute atomic E-state index is 0.0915. The Kier molecular flexibility index (Phi) is 4.32. The minimum Gasteiger partial charge on any atom is -0.454 e. The smallest absolute Gasteiger partial charge is 0.252 e. The summed E-state index contributed by atoms with van der Waals surface area (Å²) >= 11 is 1.35. The van der Waals surface area contributed by atoms with Gasteiger partial charge in [0.05, 0.1) is 6.61 Å². The van der Waals surface area contributed by atoms with Gasteiger partial charge in [-0.25, -0.2) is 4.98 Å². The average Bonchev–Trinajstić information content (AvgIpc) is 3.35. The van der Waals surface area contributed by atoms with Gasteiger partial charge in [0.25, 0.3) is 5.91 Å². The molecule has 4 rings (SSSR count). The lowest BCUT2D eigenvalue weighted by molar-refractivity contribution is -0.121. The number of rotatable bonds is 6. The highest BCUT2D eigenvalue weighted by molar-refractivity contribution is 7.13. The SMILES string of the molecule is O=C(COCc1cc(-c2ccc3c(c2)OCO3)on1)Nc1nccs1. The number of hydrogen-bond donors (Lipinski definition) is 1. The fraction of sp³-hybridized carbons (Fsp3) is 0.188. The first-order valence-electron chi connectivity index (χ1n) is 7.40. The molecular weight excluding hydrogens is 346 g/mol. The van der Waals surface area contributed by atoms with Crippen molar-refractivity contribution in [3.63, 3.8) is 0 Å². The van der Waals surface area contributed by atoms with E-state index in [2.05, 4.69) is 15.5 Å². The van der Waals surface area contributed by atoms with Gasteiger partial charge in [-0.05, 0) is 18.2 Å². The summed E-state index contributed by atoms with van der Waals surface area (Å²) in [4.78, 5) is 15.7. The van der Waals surface area contributed by atoms with Crippen LogP contribution in [0.3, 0.4) is 0 Å². The van der Waals surface area contributed by atoms with Crippen LogP contribution >= 0.6 is 11.3 Å². The molecule has 1 aliphatic rings. The molecule has 128 valence electrons. The van der Waals surface area contributed by atoms with E-state index in [1.807, 2.05) is 18.2 Å². The summed E-state index contributed by atoms with van der Waals surface area (Å²) in [6, 6.07) is 7.27. The van der Waals surface area contributed by atoms with Gasteiger partial charge in [0.1, 0.15) is 12.3 Å². The van der Waals surface area contributed by atoms with Crippen LogP contribution in [0.1, 0.15) is 5.69 Å². The largest absolute Gasteiger partial charge is 0.454 e. The first-order chi connectivity index (χ1) is 12.3. The Balaban J connectivity index is 1.32. The number of nitrogens with one attached hydrogen (secondary N) is 1. The number of aromatic nitrogens is 2. The Morgan fingerprint density at radius 1 is 1.28 bits per heavy atom. The second-order valence-corrected chi connectivity index (χ2v) is 6.02. The number of ether oxygens (including phenoxy) is 3. The summed E-state index contributed by atoms with van der Waals surface area (Å²) < 4.78 is 21.3. The number of nitrogens with zero attached hydrogens (tertiary/aromatic N) is 2. The van der Waals surface area contributed by atoms with E-state index >= 15 is 0 Å². The van der Waals surface area contributed by atoms with Crippen LogP contribution in [-0.4, -0.2) is 29.4 Å². The lowest BCUT2D eigenvalue weighted by atomic mass is 10.1. The average molecular weight is 359 g/mol. The fourth-order valence-corrected chi connectivity index (χ4v) is 2.80. The normalized spacial score (nSPS) is 12.3. The van der Waals surface area contributed by atoms with Crippen molar-refractivity contribution >= 4 is 22.4 Å². The van der Waals surface area contributed by atoms with Crippen molar-refractivity contribution < 1.29 is 23.5 Å². The van der Waals surface area contributed by atoms with Crippen molar-refractivity contribution in [2.45, 2.75) is 6.61 Å². The molecule has 0 radical (unpaired) electrons. The number of hydrogen-bond acceptors (Lipinski definition) is 8. The van der Waals surface area contributed by atoms with Crippen molar-refractivity contribution in [3.8, 4) is 22.8 Å². The highest BCUT2D eigenvalue weighted by atomic mass is 32.1. The molecule has 3 aromatic rings. The maximum absolute atomic E-state index is 11.7. The number of carbonyl (C=O) groups excluding carboxylic acids is 1. The lowest BCUT2D eigenvalue weighted by Crippen LogP contribution is -2.18. The number of carbonyl (C=O) groups is 1. The quantitative estimate of drug-likeness (QED) is 0.723. The molecule has 2 aromatic heterocycles. The first kappa shape index (κ1) is 15.6. The third kappa shape index (κ3) is 3.62. The zero-order chi connectivity index (χ0) is 17.1. The van der Waals surface area contributed by atoms with Crippen LogP contribution in [0, 0.1) is 0 Å². The molecule has 8 nitrogen and oxygen atoms in total. The maximum Gasteiger partial charge on any atom is 0.252 e. The molecular formula is C16H13N3O5S. The molecule has 9 heteroatoms. The number of thiazole rings is 1. The molecule has 1 amide bonds. The summed E-state index contributed by atoms with van der Waals surface area (Å²) in [5.41, 5.74) is 1.42. The van der Waals surface area contributed by atoms with Gasteiger partial charge in [-0.2, -0.15) is 0 Å². The van der Waals surface area contributed by atoms with Crippen molar-refractivity contribution in [1.82, 2.24) is 10.1 Å². The van der Waals surface area contributed by atoms with E-state index in [0.717, 1.165) is 5.56 Å². The predicted molar refractivity (Wildman–Crippen MR) is 88.5 cm³/mol. The van der Waals surface area contributed by atoms with E-state index in [4.69, 9.17) is 18.7 Å². The van der Waals surface area contributed by atoms with Gasteiger partial charge in [0, 0.05) is 23.2 Å². The Bertz CT molecular complexity index is 878. The van der Waals surface area contributed by atoms with Gasteiger partial charge in [0.15, 0.2) is 22.4 Å². The summed E-state index contributed by atoms with van der Waals surface area (Å²) in [6.45, 7) is 0.294. The molecule has 1 aromatic carbocycles. The van der Waals surface area contributed by atoms with Crippen LogP contribution in [0.15, 0.2) is 40.4 Å². The van der Waals surface area contributed by atoms with E-state index in [1.165, 1.54) is 11.3 Å². The monoisotopic (exact) mass is 359 g/mol. The number of fused-ring (bicyclic) bond motifs is 1. The van der Waals surface area contributed by atoms with Crippen molar-refractivity contribution in [2.24, 2.45) is 0 Å². The van der Waals surface area contributed by atoms with Crippen LogP contribution in [0.5, 0.6) is 11.5 Å². The molecule has 1 aliphatic heterocycles. The zero-order valence-electron chi connectivity index (χ0n) is 12.9. The van der Waals surface area contributed by atoms with Crippen LogP contribution in [0.2, 0.25) is 0 Å². The Labute approximate surface area is 146 Å². The van der Waals surface area contributed by atoms with Gasteiger partial charge < -0.3 is 18.7 Å². The van der Waals surface area contributed by atoms with Crippen LogP contribution in [-0.2, 0) is 16.1 Å². The molecule has 1 N–H and O–H groups in total. The van der Waals surface area contributed by atoms with E-state index in [0.29, 0.717) is 28.1 Å². The third-order valence-corrected chi connectivity index (χ3v) is 4.07. The molecule has 25 heavy (non-hydrogen) atoms.